The van der Waals surface area contributed by atoms with Crippen LogP contribution in [0.2, 0.25) is 0 Å². The molecule has 1 aromatic heterocycles. The van der Waals surface area contributed by atoms with Crippen LogP contribution in [-0.2, 0) is 4.74 Å². The number of aliphatic imine (C=N–C) groups is 1. The Labute approximate surface area is 189 Å². The fourth-order valence-corrected chi connectivity index (χ4v) is 3.58. The third-order valence-electron chi connectivity index (χ3n) is 5.17. The number of hydrogen-bond donors (Lipinski definition) is 1. The molecular formula is C24H22FN5O3. The van der Waals surface area contributed by atoms with Crippen LogP contribution in [0.25, 0.3) is 5.69 Å². The van der Waals surface area contributed by atoms with Gasteiger partial charge < -0.3 is 10.1 Å². The van der Waals surface area contributed by atoms with Gasteiger partial charge in [0.15, 0.2) is 11.5 Å². The lowest BCUT2D eigenvalue weighted by molar-refractivity contribution is 0.175. The smallest absolute Gasteiger partial charge is 0.414 e. The normalized spacial score (nSPS) is 15.4. The van der Waals surface area contributed by atoms with Crippen molar-refractivity contribution >= 4 is 29.4 Å². The van der Waals surface area contributed by atoms with Crippen LogP contribution in [0.1, 0.15) is 26.0 Å². The largest absolute Gasteiger partial charge is 0.447 e. The fraction of sp³-hybridized carbons (Fsp3) is 0.208. The molecule has 3 aromatic rings. The second-order valence-corrected chi connectivity index (χ2v) is 8.11. The summed E-state index contributed by atoms with van der Waals surface area (Å²) in [6.45, 7) is 3.86. The summed E-state index contributed by atoms with van der Waals surface area (Å²) < 4.78 is 21.5. The van der Waals surface area contributed by atoms with Crippen molar-refractivity contribution < 1.29 is 13.9 Å². The van der Waals surface area contributed by atoms with Crippen molar-refractivity contribution in [2.75, 3.05) is 11.5 Å². The van der Waals surface area contributed by atoms with E-state index in [2.05, 4.69) is 10.1 Å². The zero-order valence-corrected chi connectivity index (χ0v) is 18.2. The standard InChI is InChI=1S/C24H22FN5O3/c1-24(2)15-33-23(32)30(24)17-8-9-20(18(25)14-17)29-13-11-21(31)22(28-29)19(10-12-26)27-16-6-4-3-5-7-16/h3-9,11-14,26H,10,15H2,1-2H3. The summed E-state index contributed by atoms with van der Waals surface area (Å²) in [6, 6.07) is 14.6. The van der Waals surface area contributed by atoms with Gasteiger partial charge in [0.1, 0.15) is 12.3 Å². The number of anilines is 1. The number of para-hydroxylation sites is 1. The molecule has 0 spiro atoms. The maximum absolute atomic E-state index is 15.1. The number of nitrogens with one attached hydrogen (secondary N) is 1. The Balaban J connectivity index is 1.74. The molecule has 0 atom stereocenters. The molecule has 1 aliphatic heterocycles. The summed E-state index contributed by atoms with van der Waals surface area (Å²) in [7, 11) is 0. The molecule has 0 bridgehead atoms. The lowest BCUT2D eigenvalue weighted by atomic mass is 10.1. The van der Waals surface area contributed by atoms with Crippen LogP contribution in [-0.4, -0.2) is 39.9 Å². The van der Waals surface area contributed by atoms with E-state index in [1.807, 2.05) is 32.0 Å². The van der Waals surface area contributed by atoms with Crippen LogP contribution < -0.4 is 10.3 Å². The van der Waals surface area contributed by atoms with Crippen LogP contribution in [0.15, 0.2) is 70.6 Å². The van der Waals surface area contributed by atoms with Crippen LogP contribution in [0, 0.1) is 11.2 Å². The summed E-state index contributed by atoms with van der Waals surface area (Å²) in [5.74, 6) is -0.626. The zero-order chi connectivity index (χ0) is 23.6. The summed E-state index contributed by atoms with van der Waals surface area (Å²) >= 11 is 0. The number of cyclic esters (lactones) is 1. The fourth-order valence-electron chi connectivity index (χ4n) is 3.58. The Bertz CT molecular complexity index is 1300. The first-order valence-corrected chi connectivity index (χ1v) is 10.3. The molecule has 1 N–H and O–H groups in total. The molecule has 0 radical (unpaired) electrons. The van der Waals surface area contributed by atoms with Crippen LogP contribution in [0.3, 0.4) is 0 Å². The first kappa shape index (κ1) is 22.1. The van der Waals surface area contributed by atoms with Crippen molar-refractivity contribution in [3.8, 4) is 5.69 Å². The highest BCUT2D eigenvalue weighted by molar-refractivity contribution is 6.06. The molecule has 2 heterocycles. The number of carbonyl (C=O) groups excluding carboxylic acids is 1. The Morgan fingerprint density at radius 1 is 1.21 bits per heavy atom. The number of carbonyl (C=O) groups is 1. The van der Waals surface area contributed by atoms with Crippen molar-refractivity contribution in [1.82, 2.24) is 9.78 Å². The minimum Gasteiger partial charge on any atom is -0.447 e. The van der Waals surface area contributed by atoms with Crippen molar-refractivity contribution in [3.63, 3.8) is 0 Å². The number of aromatic nitrogens is 2. The second kappa shape index (κ2) is 8.78. The van der Waals surface area contributed by atoms with Gasteiger partial charge in [0.25, 0.3) is 0 Å². The van der Waals surface area contributed by atoms with Gasteiger partial charge in [0.05, 0.1) is 22.6 Å². The molecule has 1 amide bonds. The Hall–Kier alpha value is -4.14. The van der Waals surface area contributed by atoms with Crippen LogP contribution >= 0.6 is 0 Å². The molecular weight excluding hydrogens is 425 g/mol. The minimum absolute atomic E-state index is 0.0255. The van der Waals surface area contributed by atoms with Crippen LogP contribution in [0.4, 0.5) is 20.6 Å². The van der Waals surface area contributed by atoms with Gasteiger partial charge in [-0.3, -0.25) is 14.7 Å². The highest BCUT2D eigenvalue weighted by atomic mass is 19.1. The van der Waals surface area contributed by atoms with Gasteiger partial charge >= 0.3 is 6.09 Å². The van der Waals surface area contributed by atoms with Gasteiger partial charge in [-0.05, 0) is 38.1 Å². The Kier molecular flexibility index (Phi) is 5.87. The number of ether oxygens (including phenoxy) is 1. The monoisotopic (exact) mass is 447 g/mol. The molecule has 9 heteroatoms. The zero-order valence-electron chi connectivity index (χ0n) is 18.2. The lowest BCUT2D eigenvalue weighted by Crippen LogP contribution is -2.42. The number of halogens is 1. The maximum atomic E-state index is 15.1. The van der Waals surface area contributed by atoms with Crippen molar-refractivity contribution in [1.29, 1.82) is 5.41 Å². The third-order valence-corrected chi connectivity index (χ3v) is 5.17. The average Bonchev–Trinajstić information content (AvgIpc) is 3.07. The quantitative estimate of drug-likeness (QED) is 0.570. The predicted molar refractivity (Wildman–Crippen MR) is 124 cm³/mol. The van der Waals surface area contributed by atoms with Gasteiger partial charge in [0, 0.05) is 31.0 Å². The molecule has 33 heavy (non-hydrogen) atoms. The van der Waals surface area contributed by atoms with E-state index in [4.69, 9.17) is 10.1 Å². The Morgan fingerprint density at radius 3 is 2.61 bits per heavy atom. The van der Waals surface area contributed by atoms with E-state index in [-0.39, 0.29) is 29.8 Å². The third kappa shape index (κ3) is 4.43. The summed E-state index contributed by atoms with van der Waals surface area (Å²) in [4.78, 5) is 30.5. The molecule has 8 nitrogen and oxygen atoms in total. The summed E-state index contributed by atoms with van der Waals surface area (Å²) in [5, 5.41) is 11.8. The van der Waals surface area contributed by atoms with Gasteiger partial charge in [-0.2, -0.15) is 5.10 Å². The maximum Gasteiger partial charge on any atom is 0.414 e. The van der Waals surface area contributed by atoms with E-state index in [1.165, 1.54) is 34.0 Å². The number of nitrogens with zero attached hydrogens (tertiary/aromatic N) is 4. The number of benzene rings is 2. The van der Waals surface area contributed by atoms with Gasteiger partial charge in [-0.15, -0.1) is 0 Å². The van der Waals surface area contributed by atoms with Gasteiger partial charge in [-0.1, -0.05) is 18.2 Å². The predicted octanol–water partition coefficient (Wildman–Crippen LogP) is 4.27. The topological polar surface area (TPSA) is 101 Å². The molecule has 168 valence electrons. The van der Waals surface area contributed by atoms with E-state index < -0.39 is 17.4 Å². The van der Waals surface area contributed by atoms with Crippen molar-refractivity contribution in [2.45, 2.75) is 25.8 Å². The van der Waals surface area contributed by atoms with Crippen molar-refractivity contribution in [2.24, 2.45) is 4.99 Å². The molecule has 1 fully saturated rings. The van der Waals surface area contributed by atoms with E-state index in [0.29, 0.717) is 17.1 Å². The van der Waals surface area contributed by atoms with E-state index in [0.717, 1.165) is 6.21 Å². The summed E-state index contributed by atoms with van der Waals surface area (Å²) in [6.07, 6.45) is 2.05. The molecule has 1 aliphatic rings. The molecule has 0 saturated carbocycles. The van der Waals surface area contributed by atoms with Gasteiger partial charge in [0.2, 0.25) is 5.43 Å². The average molecular weight is 447 g/mol. The lowest BCUT2D eigenvalue weighted by Gasteiger charge is -2.28. The van der Waals surface area contributed by atoms with Crippen LogP contribution in [0.5, 0.6) is 0 Å². The van der Waals surface area contributed by atoms with E-state index >= 15 is 4.39 Å². The van der Waals surface area contributed by atoms with E-state index in [9.17, 15) is 9.59 Å². The Morgan fingerprint density at radius 2 is 1.97 bits per heavy atom. The second-order valence-electron chi connectivity index (χ2n) is 8.11. The molecule has 0 unspecified atom stereocenters. The van der Waals surface area contributed by atoms with E-state index in [1.54, 1.807) is 18.2 Å². The molecule has 1 saturated heterocycles. The highest BCUT2D eigenvalue weighted by Crippen LogP contribution is 2.31. The molecule has 0 aliphatic carbocycles. The van der Waals surface area contributed by atoms with Crippen molar-refractivity contribution in [3.05, 3.63) is 82.5 Å². The minimum atomic E-state index is -0.626. The molecule has 4 rings (SSSR count). The first-order valence-electron chi connectivity index (χ1n) is 10.3. The number of rotatable bonds is 6. The van der Waals surface area contributed by atoms with Gasteiger partial charge in [-0.25, -0.2) is 13.9 Å². The highest BCUT2D eigenvalue weighted by Gasteiger charge is 2.41. The summed E-state index contributed by atoms with van der Waals surface area (Å²) in [5.41, 5.74) is 0.401. The number of amides is 1. The molecule has 2 aromatic carbocycles. The first-order chi connectivity index (χ1) is 15.8. The SMILES string of the molecule is CC1(C)COC(=O)N1c1ccc(-n2ccc(=O)c(C(CC=N)=Nc3ccccc3)n2)c(F)c1. The number of hydrogen-bond acceptors (Lipinski definition) is 6.